The number of aryl methyl sites for hydroxylation is 1. The summed E-state index contributed by atoms with van der Waals surface area (Å²) in [6.07, 6.45) is 12.7. The first-order valence-electron chi connectivity index (χ1n) is 5.66. The van der Waals surface area contributed by atoms with Crippen molar-refractivity contribution >= 4 is 5.82 Å². The third-order valence-corrected chi connectivity index (χ3v) is 2.88. The molecule has 2 N–H and O–H groups in total. The zero-order valence-electron chi connectivity index (χ0n) is 9.93. The smallest absolute Gasteiger partial charge is 0.132 e. The molecular formula is C13H16N4. The van der Waals surface area contributed by atoms with E-state index in [-0.39, 0.29) is 6.04 Å². The van der Waals surface area contributed by atoms with Crippen molar-refractivity contribution in [2.24, 2.45) is 0 Å². The molecule has 0 aliphatic carbocycles. The summed E-state index contributed by atoms with van der Waals surface area (Å²) >= 11 is 0. The highest BCUT2D eigenvalue weighted by molar-refractivity contribution is 5.43. The average Bonchev–Trinajstić information content (AvgIpc) is 2.34. The number of nitrogen functional groups attached to an aromatic ring is 1. The summed E-state index contributed by atoms with van der Waals surface area (Å²) < 4.78 is 0. The number of terminal acetylenes is 1. The summed E-state index contributed by atoms with van der Waals surface area (Å²) in [6, 6.07) is -0.138. The van der Waals surface area contributed by atoms with Gasteiger partial charge in [-0.1, -0.05) is 18.1 Å². The van der Waals surface area contributed by atoms with Crippen LogP contribution in [0.25, 0.3) is 0 Å². The van der Waals surface area contributed by atoms with Crippen LogP contribution in [0, 0.1) is 19.3 Å². The van der Waals surface area contributed by atoms with E-state index in [2.05, 4.69) is 32.9 Å². The van der Waals surface area contributed by atoms with Gasteiger partial charge >= 0.3 is 0 Å². The Labute approximate surface area is 102 Å². The van der Waals surface area contributed by atoms with Crippen LogP contribution in [-0.4, -0.2) is 28.0 Å². The molecule has 0 spiro atoms. The van der Waals surface area contributed by atoms with Crippen molar-refractivity contribution in [3.05, 3.63) is 29.7 Å². The molecule has 1 aromatic rings. The summed E-state index contributed by atoms with van der Waals surface area (Å²) in [5.41, 5.74) is 6.74. The number of nitrogens with two attached hydrogens (primary N) is 1. The predicted octanol–water partition coefficient (Wildman–Crippen LogP) is 1.30. The summed E-state index contributed by atoms with van der Waals surface area (Å²) in [4.78, 5) is 10.5. The van der Waals surface area contributed by atoms with Crippen LogP contribution in [0.4, 0.5) is 5.82 Å². The molecule has 4 nitrogen and oxygen atoms in total. The van der Waals surface area contributed by atoms with Crippen LogP contribution in [0.5, 0.6) is 0 Å². The molecule has 2 rings (SSSR count). The second-order valence-corrected chi connectivity index (χ2v) is 4.08. The molecule has 1 aromatic heterocycles. The molecule has 0 aromatic carbocycles. The van der Waals surface area contributed by atoms with E-state index >= 15 is 0 Å². The third-order valence-electron chi connectivity index (χ3n) is 2.88. The zero-order valence-corrected chi connectivity index (χ0v) is 9.93. The Morgan fingerprint density at radius 3 is 2.94 bits per heavy atom. The van der Waals surface area contributed by atoms with Gasteiger partial charge in [-0.05, 0) is 13.3 Å². The maximum Gasteiger partial charge on any atom is 0.132 e. The maximum absolute atomic E-state index is 5.91. The van der Waals surface area contributed by atoms with Gasteiger partial charge in [-0.15, -0.1) is 6.42 Å². The van der Waals surface area contributed by atoms with E-state index in [1.54, 1.807) is 6.20 Å². The molecule has 4 heteroatoms. The lowest BCUT2D eigenvalue weighted by atomic mass is 10.1. The first kappa shape index (κ1) is 11.6. The Balaban J connectivity index is 2.29. The molecule has 1 aliphatic rings. The van der Waals surface area contributed by atoms with Crippen molar-refractivity contribution in [1.82, 2.24) is 14.9 Å². The molecule has 0 saturated carbocycles. The number of aromatic nitrogens is 2. The van der Waals surface area contributed by atoms with Crippen molar-refractivity contribution in [3.63, 3.8) is 0 Å². The maximum atomic E-state index is 5.91. The summed E-state index contributed by atoms with van der Waals surface area (Å²) in [6.45, 7) is 3.61. The van der Waals surface area contributed by atoms with Crippen LogP contribution in [0.2, 0.25) is 0 Å². The molecule has 17 heavy (non-hydrogen) atoms. The lowest BCUT2D eigenvalue weighted by molar-refractivity contribution is 0.260. The molecular weight excluding hydrogens is 212 g/mol. The minimum absolute atomic E-state index is 0.138. The first-order valence-corrected chi connectivity index (χ1v) is 5.66. The van der Waals surface area contributed by atoms with Crippen molar-refractivity contribution in [3.8, 4) is 12.3 Å². The van der Waals surface area contributed by atoms with E-state index in [1.165, 1.54) is 0 Å². The van der Waals surface area contributed by atoms with Gasteiger partial charge in [0.1, 0.15) is 17.7 Å². The van der Waals surface area contributed by atoms with Crippen LogP contribution >= 0.6 is 0 Å². The second kappa shape index (κ2) is 4.98. The van der Waals surface area contributed by atoms with Gasteiger partial charge in [-0.25, -0.2) is 9.97 Å². The Morgan fingerprint density at radius 2 is 2.35 bits per heavy atom. The monoisotopic (exact) mass is 228 g/mol. The van der Waals surface area contributed by atoms with Gasteiger partial charge in [0.2, 0.25) is 0 Å². The van der Waals surface area contributed by atoms with E-state index in [1.807, 2.05) is 6.92 Å². The van der Waals surface area contributed by atoms with Gasteiger partial charge in [0, 0.05) is 24.8 Å². The minimum atomic E-state index is -0.138. The average molecular weight is 228 g/mol. The minimum Gasteiger partial charge on any atom is -0.383 e. The summed E-state index contributed by atoms with van der Waals surface area (Å²) in [5.74, 6) is 3.93. The molecule has 1 unspecified atom stereocenters. The highest BCUT2D eigenvalue weighted by Crippen LogP contribution is 2.24. The zero-order chi connectivity index (χ0) is 12.3. The van der Waals surface area contributed by atoms with E-state index in [9.17, 15) is 0 Å². The van der Waals surface area contributed by atoms with Crippen molar-refractivity contribution < 1.29 is 0 Å². The lowest BCUT2D eigenvalue weighted by Gasteiger charge is -2.29. The molecule has 0 amide bonds. The molecule has 2 heterocycles. The summed E-state index contributed by atoms with van der Waals surface area (Å²) in [5, 5.41) is 0. The van der Waals surface area contributed by atoms with Crippen molar-refractivity contribution in [1.29, 1.82) is 0 Å². The lowest BCUT2D eigenvalue weighted by Crippen LogP contribution is -2.31. The molecule has 0 saturated heterocycles. The Kier molecular flexibility index (Phi) is 3.40. The van der Waals surface area contributed by atoms with E-state index in [0.717, 1.165) is 25.1 Å². The quantitative estimate of drug-likeness (QED) is 0.612. The van der Waals surface area contributed by atoms with E-state index < -0.39 is 0 Å². The highest BCUT2D eigenvalue weighted by Gasteiger charge is 2.21. The van der Waals surface area contributed by atoms with Gasteiger partial charge in [0.15, 0.2) is 0 Å². The van der Waals surface area contributed by atoms with Crippen LogP contribution in [0.1, 0.15) is 23.9 Å². The topological polar surface area (TPSA) is 55.0 Å². The number of anilines is 1. The van der Waals surface area contributed by atoms with Crippen molar-refractivity contribution in [2.45, 2.75) is 19.4 Å². The normalized spacial score (nSPS) is 17.6. The van der Waals surface area contributed by atoms with Gasteiger partial charge in [0.25, 0.3) is 0 Å². The van der Waals surface area contributed by atoms with Gasteiger partial charge in [-0.3, -0.25) is 4.90 Å². The Hall–Kier alpha value is -1.86. The molecule has 0 bridgehead atoms. The molecule has 1 aliphatic heterocycles. The third kappa shape index (κ3) is 2.45. The van der Waals surface area contributed by atoms with Crippen LogP contribution in [-0.2, 0) is 0 Å². The van der Waals surface area contributed by atoms with Crippen LogP contribution in [0.15, 0.2) is 18.3 Å². The fraction of sp³-hybridized carbons (Fsp3) is 0.385. The fourth-order valence-electron chi connectivity index (χ4n) is 1.99. The first-order chi connectivity index (χ1) is 8.22. The SMILES string of the molecule is C#CC(c1cnc(C)nc1N)N1CC=CCC1. The Morgan fingerprint density at radius 1 is 1.53 bits per heavy atom. The molecule has 1 atom stereocenters. The second-order valence-electron chi connectivity index (χ2n) is 4.08. The Bertz CT molecular complexity index is 473. The summed E-state index contributed by atoms with van der Waals surface area (Å²) in [7, 11) is 0. The van der Waals surface area contributed by atoms with Crippen LogP contribution in [0.3, 0.4) is 0 Å². The number of nitrogens with zero attached hydrogens (tertiary/aromatic N) is 3. The number of hydrogen-bond donors (Lipinski definition) is 1. The number of hydrogen-bond acceptors (Lipinski definition) is 4. The fourth-order valence-corrected chi connectivity index (χ4v) is 1.99. The van der Waals surface area contributed by atoms with Gasteiger partial charge in [-0.2, -0.15) is 0 Å². The number of rotatable bonds is 2. The molecule has 88 valence electrons. The van der Waals surface area contributed by atoms with Gasteiger partial charge < -0.3 is 5.73 Å². The van der Waals surface area contributed by atoms with Crippen molar-refractivity contribution in [2.75, 3.05) is 18.8 Å². The van der Waals surface area contributed by atoms with E-state index in [0.29, 0.717) is 11.6 Å². The van der Waals surface area contributed by atoms with E-state index in [4.69, 9.17) is 12.2 Å². The predicted molar refractivity (Wildman–Crippen MR) is 68.1 cm³/mol. The molecule has 0 radical (unpaired) electrons. The molecule has 0 fully saturated rings. The largest absolute Gasteiger partial charge is 0.383 e. The van der Waals surface area contributed by atoms with Gasteiger partial charge in [0.05, 0.1) is 0 Å². The van der Waals surface area contributed by atoms with Crippen LogP contribution < -0.4 is 5.73 Å². The standard InChI is InChI=1S/C13H16N4/c1-3-12(17-7-5-4-6-8-17)11-9-15-10(2)16-13(11)14/h1,4-5,9,12H,6-8H2,2H3,(H2,14,15,16). The highest BCUT2D eigenvalue weighted by atomic mass is 15.2.